The van der Waals surface area contributed by atoms with Gasteiger partial charge in [0.15, 0.2) is 0 Å². The zero-order valence-electron chi connectivity index (χ0n) is 10.2. The lowest BCUT2D eigenvalue weighted by molar-refractivity contribution is -0.123. The molecule has 0 bridgehead atoms. The lowest BCUT2D eigenvalue weighted by Crippen LogP contribution is -2.27. The van der Waals surface area contributed by atoms with Gasteiger partial charge in [-0.1, -0.05) is 17.7 Å². The Kier molecular flexibility index (Phi) is 4.66. The molecule has 0 aliphatic carbocycles. The molecule has 4 heteroatoms. The van der Waals surface area contributed by atoms with Gasteiger partial charge in [-0.25, -0.2) is 4.39 Å². The van der Waals surface area contributed by atoms with Crippen molar-refractivity contribution < 1.29 is 13.9 Å². The second kappa shape index (κ2) is 5.61. The number of carbonyl (C=O) groups excluding carboxylic acids is 1. The summed E-state index contributed by atoms with van der Waals surface area (Å²) in [5.74, 6) is -0.431. The first kappa shape index (κ1) is 14.1. The third kappa shape index (κ3) is 4.44. The fourth-order valence-electron chi connectivity index (χ4n) is 1.49. The summed E-state index contributed by atoms with van der Waals surface area (Å²) in [6.07, 6.45) is 0.561. The third-order valence-corrected chi connectivity index (χ3v) is 2.85. The molecule has 0 amide bonds. The van der Waals surface area contributed by atoms with Crippen molar-refractivity contribution in [3.8, 4) is 0 Å². The van der Waals surface area contributed by atoms with Gasteiger partial charge in [0.25, 0.3) is 0 Å². The Morgan fingerprint density at radius 3 is 2.65 bits per heavy atom. The quantitative estimate of drug-likeness (QED) is 0.809. The van der Waals surface area contributed by atoms with Crippen molar-refractivity contribution in [1.29, 1.82) is 0 Å². The van der Waals surface area contributed by atoms with Gasteiger partial charge in [0.05, 0.1) is 10.6 Å². The van der Waals surface area contributed by atoms with Crippen LogP contribution in [0.15, 0.2) is 18.2 Å². The van der Waals surface area contributed by atoms with E-state index in [0.29, 0.717) is 12.0 Å². The SMILES string of the molecule is COC(C)(C)CC(=O)Cc1ccc(F)c(Cl)c1. The van der Waals surface area contributed by atoms with Crippen LogP contribution in [0.25, 0.3) is 0 Å². The second-order valence-electron chi connectivity index (χ2n) is 4.60. The highest BCUT2D eigenvalue weighted by atomic mass is 35.5. The van der Waals surface area contributed by atoms with Gasteiger partial charge >= 0.3 is 0 Å². The normalized spacial score (nSPS) is 11.6. The van der Waals surface area contributed by atoms with Crippen molar-refractivity contribution in [3.63, 3.8) is 0 Å². The Labute approximate surface area is 106 Å². The highest BCUT2D eigenvalue weighted by Crippen LogP contribution is 2.19. The van der Waals surface area contributed by atoms with Gasteiger partial charge in [-0.3, -0.25) is 4.79 Å². The highest BCUT2D eigenvalue weighted by molar-refractivity contribution is 6.30. The number of methoxy groups -OCH3 is 1. The van der Waals surface area contributed by atoms with E-state index in [-0.39, 0.29) is 17.2 Å². The Morgan fingerprint density at radius 2 is 2.12 bits per heavy atom. The number of hydrogen-bond acceptors (Lipinski definition) is 2. The van der Waals surface area contributed by atoms with Crippen LogP contribution in [-0.2, 0) is 16.0 Å². The topological polar surface area (TPSA) is 26.3 Å². The minimum absolute atomic E-state index is 0.0412. The van der Waals surface area contributed by atoms with Crippen LogP contribution >= 0.6 is 11.6 Å². The van der Waals surface area contributed by atoms with Crippen LogP contribution in [-0.4, -0.2) is 18.5 Å². The minimum Gasteiger partial charge on any atom is -0.378 e. The van der Waals surface area contributed by atoms with E-state index in [1.807, 2.05) is 13.8 Å². The standard InChI is InChI=1S/C13H16ClFO2/c1-13(2,17-3)8-10(16)6-9-4-5-12(15)11(14)7-9/h4-5,7H,6,8H2,1-3H3. The number of benzene rings is 1. The third-order valence-electron chi connectivity index (χ3n) is 2.56. The van der Waals surface area contributed by atoms with E-state index >= 15 is 0 Å². The Balaban J connectivity index is 2.65. The maximum absolute atomic E-state index is 12.9. The molecule has 0 saturated carbocycles. The summed E-state index contributed by atoms with van der Waals surface area (Å²) in [6, 6.07) is 4.32. The van der Waals surface area contributed by atoms with Crippen molar-refractivity contribution in [2.45, 2.75) is 32.3 Å². The molecule has 0 heterocycles. The minimum atomic E-state index is -0.472. The van der Waals surface area contributed by atoms with Crippen molar-refractivity contribution in [2.75, 3.05) is 7.11 Å². The van der Waals surface area contributed by atoms with Crippen molar-refractivity contribution in [3.05, 3.63) is 34.6 Å². The predicted molar refractivity (Wildman–Crippen MR) is 65.8 cm³/mol. The molecule has 0 aliphatic heterocycles. The van der Waals surface area contributed by atoms with E-state index in [9.17, 15) is 9.18 Å². The molecule has 0 spiro atoms. The van der Waals surface area contributed by atoms with Crippen LogP contribution in [0.1, 0.15) is 25.8 Å². The Morgan fingerprint density at radius 1 is 1.47 bits per heavy atom. The Hall–Kier alpha value is -0.930. The van der Waals surface area contributed by atoms with E-state index in [0.717, 1.165) is 0 Å². The molecule has 0 radical (unpaired) electrons. The molecular formula is C13H16ClFO2. The molecule has 0 fully saturated rings. The largest absolute Gasteiger partial charge is 0.378 e. The monoisotopic (exact) mass is 258 g/mol. The molecule has 0 N–H and O–H groups in total. The molecule has 1 aromatic rings. The van der Waals surface area contributed by atoms with Gasteiger partial charge in [-0.15, -0.1) is 0 Å². The maximum atomic E-state index is 12.9. The molecule has 0 unspecified atom stereocenters. The van der Waals surface area contributed by atoms with E-state index in [1.54, 1.807) is 13.2 Å². The molecule has 17 heavy (non-hydrogen) atoms. The van der Waals surface area contributed by atoms with Crippen LogP contribution in [0.2, 0.25) is 5.02 Å². The average molecular weight is 259 g/mol. The summed E-state index contributed by atoms with van der Waals surface area (Å²) >= 11 is 5.65. The van der Waals surface area contributed by atoms with E-state index in [2.05, 4.69) is 0 Å². The summed E-state index contributed by atoms with van der Waals surface area (Å²) in [6.45, 7) is 3.70. The zero-order chi connectivity index (χ0) is 13.1. The molecular weight excluding hydrogens is 243 g/mol. The average Bonchev–Trinajstić information content (AvgIpc) is 2.23. The summed E-state index contributed by atoms with van der Waals surface area (Å²) in [4.78, 5) is 11.8. The number of hydrogen-bond donors (Lipinski definition) is 0. The first-order valence-corrected chi connectivity index (χ1v) is 5.72. The number of ether oxygens (including phenoxy) is 1. The lowest BCUT2D eigenvalue weighted by atomic mass is 9.97. The number of halogens is 2. The van der Waals surface area contributed by atoms with Gasteiger partial charge < -0.3 is 4.74 Å². The second-order valence-corrected chi connectivity index (χ2v) is 5.01. The summed E-state index contributed by atoms with van der Waals surface area (Å²) in [5, 5.41) is 0.0429. The summed E-state index contributed by atoms with van der Waals surface area (Å²) < 4.78 is 18.1. The fourth-order valence-corrected chi connectivity index (χ4v) is 1.69. The molecule has 0 aliphatic rings. The maximum Gasteiger partial charge on any atom is 0.141 e. The van der Waals surface area contributed by atoms with Gasteiger partial charge in [0, 0.05) is 20.0 Å². The highest BCUT2D eigenvalue weighted by Gasteiger charge is 2.21. The van der Waals surface area contributed by atoms with Crippen molar-refractivity contribution in [1.82, 2.24) is 0 Å². The molecule has 0 atom stereocenters. The van der Waals surface area contributed by atoms with Crippen molar-refractivity contribution >= 4 is 17.4 Å². The smallest absolute Gasteiger partial charge is 0.141 e. The van der Waals surface area contributed by atoms with Crippen LogP contribution in [0.4, 0.5) is 4.39 Å². The van der Waals surface area contributed by atoms with E-state index in [1.165, 1.54) is 12.1 Å². The molecule has 1 rings (SSSR count). The van der Waals surface area contributed by atoms with E-state index < -0.39 is 11.4 Å². The Bertz CT molecular complexity index is 416. The summed E-state index contributed by atoms with van der Waals surface area (Å²) in [5.41, 5.74) is 0.245. The first-order chi connectivity index (χ1) is 7.84. The number of rotatable bonds is 5. The van der Waals surface area contributed by atoms with Gasteiger partial charge in [-0.05, 0) is 31.5 Å². The van der Waals surface area contributed by atoms with Gasteiger partial charge in [0.1, 0.15) is 11.6 Å². The van der Waals surface area contributed by atoms with E-state index in [4.69, 9.17) is 16.3 Å². The molecule has 0 saturated heterocycles. The number of ketones is 1. The van der Waals surface area contributed by atoms with Crippen LogP contribution in [0.5, 0.6) is 0 Å². The van der Waals surface area contributed by atoms with Crippen LogP contribution in [0.3, 0.4) is 0 Å². The lowest BCUT2D eigenvalue weighted by Gasteiger charge is -2.21. The molecule has 0 aromatic heterocycles. The van der Waals surface area contributed by atoms with Crippen LogP contribution < -0.4 is 0 Å². The summed E-state index contributed by atoms with van der Waals surface area (Å²) in [7, 11) is 1.57. The van der Waals surface area contributed by atoms with Gasteiger partial charge in [0.2, 0.25) is 0 Å². The number of Topliss-reactive ketones (excluding diaryl/α,β-unsaturated/α-hetero) is 1. The molecule has 2 nitrogen and oxygen atoms in total. The zero-order valence-corrected chi connectivity index (χ0v) is 11.0. The fraction of sp³-hybridized carbons (Fsp3) is 0.462. The van der Waals surface area contributed by atoms with Crippen molar-refractivity contribution in [2.24, 2.45) is 0 Å². The first-order valence-electron chi connectivity index (χ1n) is 5.35. The molecule has 1 aromatic carbocycles. The van der Waals surface area contributed by atoms with Gasteiger partial charge in [-0.2, -0.15) is 0 Å². The molecule has 94 valence electrons. The number of carbonyl (C=O) groups is 1. The predicted octanol–water partition coefficient (Wildman–Crippen LogP) is 3.41. The van der Waals surface area contributed by atoms with Crippen LogP contribution in [0, 0.1) is 5.82 Å².